The zero-order valence-electron chi connectivity index (χ0n) is 8.92. The topological polar surface area (TPSA) is 54.9 Å². The molecular formula is C10H15IN2O2. The van der Waals surface area contributed by atoms with Gasteiger partial charge in [-0.05, 0) is 41.4 Å². The van der Waals surface area contributed by atoms with Crippen LogP contribution in [-0.2, 0) is 6.54 Å². The van der Waals surface area contributed by atoms with Crippen molar-refractivity contribution in [3.63, 3.8) is 0 Å². The van der Waals surface area contributed by atoms with Crippen molar-refractivity contribution in [3.05, 3.63) is 30.6 Å². The standard InChI is InChI=1S/C10H15IN2O2/c1-7(2)4-3-5-13-6-8(11)9(14)12-10(13)15/h6-7H,3-5H2,1-2H3,(H,12,14,15). The minimum atomic E-state index is -0.316. The maximum atomic E-state index is 11.4. The molecule has 0 amide bonds. The number of hydrogen-bond acceptors (Lipinski definition) is 2. The first-order valence-electron chi connectivity index (χ1n) is 5.00. The molecule has 5 heteroatoms. The molecule has 0 aliphatic carbocycles. The molecule has 15 heavy (non-hydrogen) atoms. The maximum Gasteiger partial charge on any atom is 0.328 e. The summed E-state index contributed by atoms with van der Waals surface area (Å²) in [6, 6.07) is 0. The van der Waals surface area contributed by atoms with Gasteiger partial charge in [-0.1, -0.05) is 13.8 Å². The molecular weight excluding hydrogens is 307 g/mol. The molecule has 0 fully saturated rings. The van der Waals surface area contributed by atoms with Gasteiger partial charge in [-0.25, -0.2) is 4.79 Å². The summed E-state index contributed by atoms with van der Waals surface area (Å²) in [5.74, 6) is 0.641. The van der Waals surface area contributed by atoms with E-state index in [9.17, 15) is 9.59 Å². The van der Waals surface area contributed by atoms with Gasteiger partial charge in [0.2, 0.25) is 0 Å². The fourth-order valence-corrected chi connectivity index (χ4v) is 1.79. The van der Waals surface area contributed by atoms with E-state index in [1.165, 1.54) is 0 Å². The van der Waals surface area contributed by atoms with E-state index >= 15 is 0 Å². The molecule has 0 bridgehead atoms. The van der Waals surface area contributed by atoms with E-state index in [2.05, 4.69) is 18.8 Å². The highest BCUT2D eigenvalue weighted by Gasteiger charge is 2.02. The lowest BCUT2D eigenvalue weighted by Crippen LogP contribution is -2.31. The molecule has 0 spiro atoms. The Morgan fingerprint density at radius 2 is 2.13 bits per heavy atom. The number of aromatic nitrogens is 2. The molecule has 0 atom stereocenters. The summed E-state index contributed by atoms with van der Waals surface area (Å²) >= 11 is 1.93. The van der Waals surface area contributed by atoms with Crippen molar-refractivity contribution in [1.29, 1.82) is 0 Å². The Kier molecular flexibility index (Phi) is 4.56. The van der Waals surface area contributed by atoms with Crippen molar-refractivity contribution in [2.75, 3.05) is 0 Å². The third-order valence-corrected chi connectivity index (χ3v) is 2.92. The molecule has 0 unspecified atom stereocenters. The van der Waals surface area contributed by atoms with Crippen LogP contribution in [0.2, 0.25) is 0 Å². The number of H-pyrrole nitrogens is 1. The summed E-state index contributed by atoms with van der Waals surface area (Å²) in [4.78, 5) is 24.8. The molecule has 1 heterocycles. The highest BCUT2D eigenvalue weighted by molar-refractivity contribution is 14.1. The number of aryl methyl sites for hydroxylation is 1. The fourth-order valence-electron chi connectivity index (χ4n) is 1.32. The van der Waals surface area contributed by atoms with Gasteiger partial charge in [-0.2, -0.15) is 0 Å². The summed E-state index contributed by atoms with van der Waals surface area (Å²) in [6.07, 6.45) is 3.66. The SMILES string of the molecule is CC(C)CCCn1cc(I)c(=O)[nH]c1=O. The van der Waals surface area contributed by atoms with Crippen molar-refractivity contribution in [1.82, 2.24) is 9.55 Å². The normalized spacial score (nSPS) is 10.9. The van der Waals surface area contributed by atoms with Crippen LogP contribution in [0.4, 0.5) is 0 Å². The Morgan fingerprint density at radius 3 is 2.73 bits per heavy atom. The minimum Gasteiger partial charge on any atom is -0.300 e. The Bertz CT molecular complexity index is 434. The molecule has 4 nitrogen and oxygen atoms in total. The van der Waals surface area contributed by atoms with E-state index < -0.39 is 0 Å². The summed E-state index contributed by atoms with van der Waals surface area (Å²) in [5.41, 5.74) is -0.620. The molecule has 1 aromatic heterocycles. The smallest absolute Gasteiger partial charge is 0.300 e. The molecule has 1 aromatic rings. The predicted molar refractivity (Wildman–Crippen MR) is 68.1 cm³/mol. The second kappa shape index (κ2) is 5.48. The third kappa shape index (κ3) is 3.81. The fraction of sp³-hybridized carbons (Fsp3) is 0.600. The number of nitrogens with zero attached hydrogens (tertiary/aromatic N) is 1. The van der Waals surface area contributed by atoms with Gasteiger partial charge in [-0.3, -0.25) is 14.3 Å². The van der Waals surface area contributed by atoms with E-state index in [0.717, 1.165) is 12.8 Å². The van der Waals surface area contributed by atoms with Crippen LogP contribution in [0, 0.1) is 9.49 Å². The summed E-state index contributed by atoms with van der Waals surface area (Å²) in [7, 11) is 0. The second-order valence-corrected chi connectivity index (χ2v) is 5.13. The quantitative estimate of drug-likeness (QED) is 0.856. The Labute approximate surface area is 102 Å². The maximum absolute atomic E-state index is 11.4. The van der Waals surface area contributed by atoms with Crippen LogP contribution in [0.25, 0.3) is 0 Å². The van der Waals surface area contributed by atoms with Crippen molar-refractivity contribution < 1.29 is 0 Å². The van der Waals surface area contributed by atoms with Gasteiger partial charge in [0, 0.05) is 12.7 Å². The Morgan fingerprint density at radius 1 is 1.47 bits per heavy atom. The highest BCUT2D eigenvalue weighted by atomic mass is 127. The molecule has 0 aliphatic rings. The third-order valence-electron chi connectivity index (χ3n) is 2.15. The molecule has 0 radical (unpaired) electrons. The number of halogens is 1. The van der Waals surface area contributed by atoms with Crippen LogP contribution >= 0.6 is 22.6 Å². The number of rotatable bonds is 4. The van der Waals surface area contributed by atoms with Crippen LogP contribution in [0.15, 0.2) is 15.8 Å². The van der Waals surface area contributed by atoms with E-state index in [4.69, 9.17) is 0 Å². The van der Waals surface area contributed by atoms with E-state index in [1.54, 1.807) is 10.8 Å². The van der Waals surface area contributed by atoms with Gasteiger partial charge in [0.15, 0.2) is 0 Å². The van der Waals surface area contributed by atoms with Crippen LogP contribution in [0.1, 0.15) is 26.7 Å². The first-order valence-corrected chi connectivity index (χ1v) is 6.08. The monoisotopic (exact) mass is 322 g/mol. The van der Waals surface area contributed by atoms with Crippen molar-refractivity contribution in [3.8, 4) is 0 Å². The highest BCUT2D eigenvalue weighted by Crippen LogP contribution is 2.04. The lowest BCUT2D eigenvalue weighted by atomic mass is 10.1. The summed E-state index contributed by atoms with van der Waals surface area (Å²) < 4.78 is 2.11. The van der Waals surface area contributed by atoms with Gasteiger partial charge in [0.05, 0.1) is 3.57 Å². The second-order valence-electron chi connectivity index (χ2n) is 3.97. The summed E-state index contributed by atoms with van der Waals surface area (Å²) in [6.45, 7) is 4.97. The van der Waals surface area contributed by atoms with Gasteiger partial charge >= 0.3 is 5.69 Å². The lowest BCUT2D eigenvalue weighted by molar-refractivity contribution is 0.500. The molecule has 0 aliphatic heterocycles. The number of nitrogens with one attached hydrogen (secondary N) is 1. The number of hydrogen-bond donors (Lipinski definition) is 1. The van der Waals surface area contributed by atoms with Gasteiger partial charge in [0.25, 0.3) is 5.56 Å². The molecule has 0 saturated carbocycles. The van der Waals surface area contributed by atoms with Crippen molar-refractivity contribution in [2.45, 2.75) is 33.2 Å². The first kappa shape index (κ1) is 12.5. The Hall–Kier alpha value is -0.590. The average molecular weight is 322 g/mol. The van der Waals surface area contributed by atoms with Crippen LogP contribution < -0.4 is 11.2 Å². The molecule has 0 aromatic carbocycles. The first-order chi connectivity index (χ1) is 7.00. The lowest BCUT2D eigenvalue weighted by Gasteiger charge is -2.06. The zero-order valence-corrected chi connectivity index (χ0v) is 11.1. The number of aromatic amines is 1. The van der Waals surface area contributed by atoms with E-state index in [-0.39, 0.29) is 11.2 Å². The minimum absolute atomic E-state index is 0.305. The van der Waals surface area contributed by atoms with Crippen molar-refractivity contribution >= 4 is 22.6 Å². The summed E-state index contributed by atoms with van der Waals surface area (Å²) in [5, 5.41) is 0. The van der Waals surface area contributed by atoms with Crippen LogP contribution in [0.5, 0.6) is 0 Å². The largest absolute Gasteiger partial charge is 0.328 e. The van der Waals surface area contributed by atoms with Crippen molar-refractivity contribution in [2.24, 2.45) is 5.92 Å². The van der Waals surface area contributed by atoms with E-state index in [0.29, 0.717) is 16.0 Å². The van der Waals surface area contributed by atoms with Gasteiger partial charge in [-0.15, -0.1) is 0 Å². The average Bonchev–Trinajstić information content (AvgIpc) is 2.13. The van der Waals surface area contributed by atoms with Gasteiger partial charge in [0.1, 0.15) is 0 Å². The molecule has 1 rings (SSSR count). The Balaban J connectivity index is 2.74. The zero-order chi connectivity index (χ0) is 11.4. The van der Waals surface area contributed by atoms with Gasteiger partial charge < -0.3 is 0 Å². The molecule has 84 valence electrons. The molecule has 1 N–H and O–H groups in total. The van der Waals surface area contributed by atoms with Crippen LogP contribution in [0.3, 0.4) is 0 Å². The van der Waals surface area contributed by atoms with E-state index in [1.807, 2.05) is 22.6 Å². The predicted octanol–water partition coefficient (Wildman–Crippen LogP) is 1.58. The van der Waals surface area contributed by atoms with Crippen LogP contribution in [-0.4, -0.2) is 9.55 Å². The molecule has 0 saturated heterocycles.